The Morgan fingerprint density at radius 3 is 0.870 bits per heavy atom. The minimum Gasteiger partial charge on any atom is -0.744 e. The fourth-order valence-corrected chi connectivity index (χ4v) is 15.2. The van der Waals surface area contributed by atoms with Gasteiger partial charge in [0.2, 0.25) is 0 Å². The Labute approximate surface area is 512 Å². The summed E-state index contributed by atoms with van der Waals surface area (Å²) >= 11 is 0. The summed E-state index contributed by atoms with van der Waals surface area (Å²) in [5.41, 5.74) is 3.93. The van der Waals surface area contributed by atoms with Crippen molar-refractivity contribution in [3.63, 3.8) is 0 Å². The first-order chi connectivity index (χ1) is 37.0. The first-order valence-electron chi connectivity index (χ1n) is 32.0. The molecule has 0 amide bonds. The van der Waals surface area contributed by atoms with Crippen molar-refractivity contribution < 1.29 is 25.9 Å². The minimum atomic E-state index is -4.54. The molecule has 9 heteroatoms. The van der Waals surface area contributed by atoms with Gasteiger partial charge in [0.05, 0.1) is 9.79 Å². The molecule has 0 aromatic heterocycles. The van der Waals surface area contributed by atoms with Crippen molar-refractivity contribution in [2.45, 2.75) is 318 Å². The van der Waals surface area contributed by atoms with Crippen LogP contribution in [0.4, 0.5) is 0 Å². The third kappa shape index (κ3) is 25.4. The monoisotopic (exact) mass is 1220 g/mol. The summed E-state index contributed by atoms with van der Waals surface area (Å²) < 4.78 is 75.2. The van der Waals surface area contributed by atoms with E-state index in [0.717, 1.165) is 110 Å². The van der Waals surface area contributed by atoms with E-state index < -0.39 is 20.2 Å². The van der Waals surface area contributed by atoms with Crippen LogP contribution in [-0.2, 0) is 33.1 Å². The average molecular weight is 1220 g/mol. The Bertz CT molecular complexity index is 2250. The van der Waals surface area contributed by atoms with E-state index in [1.807, 2.05) is 48.5 Å². The zero-order valence-corrected chi connectivity index (χ0v) is 55.1. The van der Waals surface area contributed by atoms with Gasteiger partial charge >= 0.3 is 48.9 Å². The molecule has 0 radical (unpaired) electrons. The Kier molecular flexibility index (Phi) is 35.6. The van der Waals surface area contributed by atoms with Crippen LogP contribution < -0.4 is 0 Å². The van der Waals surface area contributed by atoms with E-state index in [2.05, 4.69) is 26.0 Å². The summed E-state index contributed by atoms with van der Waals surface area (Å²) in [6.07, 6.45) is 55.6. The maximum absolute atomic E-state index is 12.5. The number of rotatable bonds is 38. The predicted octanol–water partition coefficient (Wildman–Crippen LogP) is 20.8. The van der Waals surface area contributed by atoms with Crippen LogP contribution in [0.3, 0.4) is 0 Å². The first kappa shape index (κ1) is 68.3. The van der Waals surface area contributed by atoms with Crippen molar-refractivity contribution in [1.82, 2.24) is 0 Å². The van der Waals surface area contributed by atoms with E-state index in [0.29, 0.717) is 10.8 Å². The molecule has 4 aromatic carbocycles. The summed E-state index contributed by atoms with van der Waals surface area (Å²) in [6.45, 7) is 4.56. The largest absolute Gasteiger partial charge is 2.00 e. The quantitative estimate of drug-likeness (QED) is 0.0251. The zero-order chi connectivity index (χ0) is 54.1. The molecule has 0 spiro atoms. The van der Waals surface area contributed by atoms with E-state index in [4.69, 9.17) is 0 Å². The molecule has 2 saturated carbocycles. The maximum Gasteiger partial charge on any atom is 2.00 e. The van der Waals surface area contributed by atoms with Gasteiger partial charge in [-0.05, 0) is 107 Å². The number of hydrogen-bond acceptors (Lipinski definition) is 6. The average Bonchev–Trinajstić information content (AvgIpc) is 3.43. The van der Waals surface area contributed by atoms with Crippen LogP contribution in [0, 0.1) is 0 Å². The smallest absolute Gasteiger partial charge is 0.744 e. The summed E-state index contributed by atoms with van der Waals surface area (Å²) in [5, 5.41) is 2.98. The summed E-state index contributed by atoms with van der Waals surface area (Å²) in [4.78, 5) is 0.156. The van der Waals surface area contributed by atoms with E-state index >= 15 is 0 Å². The molecule has 77 heavy (non-hydrogen) atoms. The molecule has 0 unspecified atom stereocenters. The van der Waals surface area contributed by atoms with Crippen LogP contribution in [0.25, 0.3) is 21.5 Å². The molecule has 0 N–H and O–H groups in total. The fourth-order valence-electron chi connectivity index (χ4n) is 13.1. The molecule has 428 valence electrons. The molecular formula is C68H106BaO6S2. The van der Waals surface area contributed by atoms with E-state index in [1.165, 1.54) is 205 Å². The Balaban J connectivity index is 0.000000328. The van der Waals surface area contributed by atoms with Gasteiger partial charge in [-0.1, -0.05) is 306 Å². The second-order valence-corrected chi connectivity index (χ2v) is 26.3. The normalized spacial score (nSPS) is 14.7. The van der Waals surface area contributed by atoms with Gasteiger partial charge in [-0.3, -0.25) is 0 Å². The van der Waals surface area contributed by atoms with Crippen LogP contribution >= 0.6 is 0 Å². The fraction of sp³-hybridized carbons (Fsp3) is 0.706. The Morgan fingerprint density at radius 1 is 0.364 bits per heavy atom. The molecule has 2 fully saturated rings. The van der Waals surface area contributed by atoms with Crippen molar-refractivity contribution in [1.29, 1.82) is 0 Å². The van der Waals surface area contributed by atoms with E-state index in [1.54, 1.807) is 0 Å². The van der Waals surface area contributed by atoms with Crippen molar-refractivity contribution in [3.8, 4) is 0 Å². The number of benzene rings is 4. The standard InChI is InChI=1S/2C34H54O3S.Ba/c2*1-2-3-4-5-6-7-8-9-10-11-12-13-14-15-16-18-26-31-28-30-25-21-22-27-32(30)34(38(35,36)37)33(31)29-23-19-17-20-24-29;/h2*21-22,25,27-29H,2-20,23-24,26H2,1H3,(H,35,36,37);/q;;+2/p-2. The van der Waals surface area contributed by atoms with Gasteiger partial charge in [0.15, 0.2) is 0 Å². The summed E-state index contributed by atoms with van der Waals surface area (Å²) in [6, 6.07) is 19.4. The number of hydrogen-bond donors (Lipinski definition) is 0. The summed E-state index contributed by atoms with van der Waals surface area (Å²) in [5.74, 6) is 0.395. The number of aryl methyl sites for hydroxylation is 2. The van der Waals surface area contributed by atoms with Crippen LogP contribution in [0.15, 0.2) is 70.5 Å². The van der Waals surface area contributed by atoms with Gasteiger partial charge in [-0.2, -0.15) is 0 Å². The number of fused-ring (bicyclic) bond motifs is 2. The van der Waals surface area contributed by atoms with Gasteiger partial charge in [0.25, 0.3) is 0 Å². The van der Waals surface area contributed by atoms with Crippen molar-refractivity contribution in [3.05, 3.63) is 82.9 Å². The second-order valence-electron chi connectivity index (χ2n) is 23.7. The maximum atomic E-state index is 12.5. The van der Waals surface area contributed by atoms with Gasteiger partial charge in [-0.25, -0.2) is 16.8 Å². The van der Waals surface area contributed by atoms with Crippen LogP contribution in [-0.4, -0.2) is 74.8 Å². The molecule has 2 aliphatic rings. The molecule has 0 atom stereocenters. The molecule has 0 bridgehead atoms. The third-order valence-electron chi connectivity index (χ3n) is 17.4. The topological polar surface area (TPSA) is 114 Å². The Morgan fingerprint density at radius 2 is 0.610 bits per heavy atom. The third-order valence-corrected chi connectivity index (χ3v) is 19.3. The molecule has 0 heterocycles. The van der Waals surface area contributed by atoms with Gasteiger partial charge in [0, 0.05) is 0 Å². The number of unbranched alkanes of at least 4 members (excludes halogenated alkanes) is 30. The SMILES string of the molecule is CCCCCCCCCCCCCCCCCCc1cc2ccccc2c(S(=O)(=O)[O-])c1C1CCCCC1.CCCCCCCCCCCCCCCCCCc1cc2ccccc2c(S(=O)(=O)[O-])c1C1CCCCC1.[Ba+2]. The van der Waals surface area contributed by atoms with Crippen LogP contribution in [0.2, 0.25) is 0 Å². The zero-order valence-electron chi connectivity index (χ0n) is 49.0. The summed E-state index contributed by atoms with van der Waals surface area (Å²) in [7, 11) is -9.09. The molecule has 2 aliphatic carbocycles. The molecular weight excluding hydrogens is 1110 g/mol. The van der Waals surface area contributed by atoms with E-state index in [9.17, 15) is 25.9 Å². The van der Waals surface area contributed by atoms with Gasteiger partial charge < -0.3 is 9.11 Å². The van der Waals surface area contributed by atoms with Gasteiger partial charge in [-0.15, -0.1) is 0 Å². The van der Waals surface area contributed by atoms with Crippen molar-refractivity contribution in [2.24, 2.45) is 0 Å². The second kappa shape index (κ2) is 40.1. The van der Waals surface area contributed by atoms with Gasteiger partial charge in [0.1, 0.15) is 20.2 Å². The van der Waals surface area contributed by atoms with E-state index in [-0.39, 0.29) is 70.5 Å². The molecule has 0 saturated heterocycles. The molecule has 4 aromatic rings. The minimum absolute atomic E-state index is 0. The molecule has 6 nitrogen and oxygen atoms in total. The van der Waals surface area contributed by atoms with Crippen molar-refractivity contribution >= 4 is 90.7 Å². The van der Waals surface area contributed by atoms with Crippen LogP contribution in [0.1, 0.15) is 318 Å². The van der Waals surface area contributed by atoms with Crippen molar-refractivity contribution in [2.75, 3.05) is 0 Å². The molecule has 0 aliphatic heterocycles. The van der Waals surface area contributed by atoms with Crippen LogP contribution in [0.5, 0.6) is 0 Å². The predicted molar refractivity (Wildman–Crippen MR) is 328 cm³/mol. The Hall–Kier alpha value is -1.21. The first-order valence-corrected chi connectivity index (χ1v) is 34.9. The molecule has 6 rings (SSSR count).